The van der Waals surface area contributed by atoms with Gasteiger partial charge in [0.2, 0.25) is 0 Å². The molecule has 0 aromatic heterocycles. The fraction of sp³-hybridized carbons (Fsp3) is 0. The third-order valence-electron chi connectivity index (χ3n) is 6.88. The van der Waals surface area contributed by atoms with E-state index in [0.29, 0.717) is 0 Å². The molecule has 0 aliphatic carbocycles. The molecule has 0 heterocycles. The molecule has 0 saturated carbocycles. The van der Waals surface area contributed by atoms with Gasteiger partial charge in [-0.25, -0.2) is 0 Å². The van der Waals surface area contributed by atoms with E-state index in [0.717, 1.165) is 4.47 Å². The van der Waals surface area contributed by atoms with Gasteiger partial charge in [-0.3, -0.25) is 0 Å². The fourth-order valence-corrected chi connectivity index (χ4v) is 5.66. The summed E-state index contributed by atoms with van der Waals surface area (Å²) in [5, 5.41) is 13.0. The van der Waals surface area contributed by atoms with Crippen molar-refractivity contribution < 1.29 is 0 Å². The van der Waals surface area contributed by atoms with Crippen LogP contribution in [-0.4, -0.2) is 0 Å². The summed E-state index contributed by atoms with van der Waals surface area (Å²) in [5.74, 6) is 0. The molecule has 7 rings (SSSR count). The summed E-state index contributed by atoms with van der Waals surface area (Å²) in [7, 11) is 0. The normalized spacial score (nSPS) is 11.8. The van der Waals surface area contributed by atoms with Crippen molar-refractivity contribution in [3.05, 3.63) is 120 Å². The molecule has 0 radical (unpaired) electrons. The Labute approximate surface area is 200 Å². The van der Waals surface area contributed by atoms with Gasteiger partial charge in [-0.05, 0) is 89.3 Å². The number of hydrogen-bond acceptors (Lipinski definition) is 0. The Morgan fingerprint density at radius 2 is 0.848 bits per heavy atom. The van der Waals surface area contributed by atoms with Crippen molar-refractivity contribution >= 4 is 69.8 Å². The molecule has 0 nitrogen and oxygen atoms in total. The van der Waals surface area contributed by atoms with Crippen LogP contribution in [0.2, 0.25) is 0 Å². The summed E-state index contributed by atoms with van der Waals surface area (Å²) in [4.78, 5) is 0. The summed E-state index contributed by atoms with van der Waals surface area (Å²) >= 11 is 3.67. The predicted molar refractivity (Wildman–Crippen MR) is 147 cm³/mol. The molecule has 0 atom stereocenters. The van der Waals surface area contributed by atoms with Crippen LogP contribution in [-0.2, 0) is 0 Å². The first-order valence-electron chi connectivity index (χ1n) is 11.2. The van der Waals surface area contributed by atoms with Crippen LogP contribution in [0.3, 0.4) is 0 Å². The lowest BCUT2D eigenvalue weighted by Crippen LogP contribution is -1.86. The Morgan fingerprint density at radius 3 is 1.70 bits per heavy atom. The molecule has 33 heavy (non-hydrogen) atoms. The molecule has 0 fully saturated rings. The highest BCUT2D eigenvalue weighted by molar-refractivity contribution is 9.10. The summed E-state index contributed by atoms with van der Waals surface area (Å²) in [6.45, 7) is 0. The second kappa shape index (κ2) is 7.16. The summed E-state index contributed by atoms with van der Waals surface area (Å²) in [5.41, 5.74) is 2.50. The molecule has 0 unspecified atom stereocenters. The van der Waals surface area contributed by atoms with Crippen LogP contribution in [0.1, 0.15) is 0 Å². The van der Waals surface area contributed by atoms with E-state index in [9.17, 15) is 0 Å². The van der Waals surface area contributed by atoms with Crippen molar-refractivity contribution in [1.82, 2.24) is 0 Å². The highest BCUT2D eigenvalue weighted by Crippen LogP contribution is 2.38. The van der Waals surface area contributed by atoms with Gasteiger partial charge in [0.25, 0.3) is 0 Å². The van der Waals surface area contributed by atoms with E-state index >= 15 is 0 Å². The molecular weight excluding hydrogens is 464 g/mol. The molecule has 0 N–H and O–H groups in total. The summed E-state index contributed by atoms with van der Waals surface area (Å²) < 4.78 is 1.11. The number of halogens is 1. The molecule has 7 aromatic rings. The summed E-state index contributed by atoms with van der Waals surface area (Å²) in [6, 6.07) is 42.2. The van der Waals surface area contributed by atoms with Crippen LogP contribution in [0, 0.1) is 0 Å². The standard InChI is InChI=1S/C32H19Br/c33-24-13-16-29-27-7-3-4-8-28(27)31-18-22(12-15-30(31)32(29)19-24)21-11-14-26-23(17-21)10-9-20-5-1-2-6-25(20)26/h1-19H. The Morgan fingerprint density at radius 1 is 0.333 bits per heavy atom. The van der Waals surface area contributed by atoms with Crippen LogP contribution < -0.4 is 0 Å². The maximum atomic E-state index is 3.67. The van der Waals surface area contributed by atoms with Crippen LogP contribution in [0.15, 0.2) is 120 Å². The number of rotatable bonds is 1. The zero-order chi connectivity index (χ0) is 21.9. The lowest BCUT2D eigenvalue weighted by molar-refractivity contribution is 1.69. The molecule has 0 saturated heterocycles. The van der Waals surface area contributed by atoms with Gasteiger partial charge in [0, 0.05) is 4.47 Å². The topological polar surface area (TPSA) is 0 Å². The Hall–Kier alpha value is -3.68. The van der Waals surface area contributed by atoms with Crippen molar-refractivity contribution in [2.75, 3.05) is 0 Å². The monoisotopic (exact) mass is 482 g/mol. The van der Waals surface area contributed by atoms with Crippen LogP contribution in [0.25, 0.3) is 65.0 Å². The first-order chi connectivity index (χ1) is 16.3. The molecule has 0 aliphatic heterocycles. The molecular formula is C32H19Br. The second-order valence-corrected chi connectivity index (χ2v) is 9.63. The van der Waals surface area contributed by atoms with Crippen LogP contribution in [0.4, 0.5) is 0 Å². The number of fused-ring (bicyclic) bond motifs is 9. The van der Waals surface area contributed by atoms with E-state index in [2.05, 4.69) is 131 Å². The molecule has 0 aliphatic rings. The Kier molecular flexibility index (Phi) is 4.09. The number of hydrogen-bond donors (Lipinski definition) is 0. The number of benzene rings is 7. The van der Waals surface area contributed by atoms with Gasteiger partial charge in [-0.2, -0.15) is 0 Å². The van der Waals surface area contributed by atoms with E-state index < -0.39 is 0 Å². The highest BCUT2D eigenvalue weighted by atomic mass is 79.9. The van der Waals surface area contributed by atoms with Crippen molar-refractivity contribution in [3.63, 3.8) is 0 Å². The van der Waals surface area contributed by atoms with E-state index in [1.807, 2.05) is 0 Å². The Bertz CT molecular complexity index is 1880. The second-order valence-electron chi connectivity index (χ2n) is 8.72. The van der Waals surface area contributed by atoms with Gasteiger partial charge >= 0.3 is 0 Å². The smallest absolute Gasteiger partial charge is 0.0181 e. The largest absolute Gasteiger partial charge is 0.0616 e. The van der Waals surface area contributed by atoms with Gasteiger partial charge < -0.3 is 0 Å². The minimum absolute atomic E-state index is 1.11. The minimum Gasteiger partial charge on any atom is -0.0616 e. The minimum atomic E-state index is 1.11. The van der Waals surface area contributed by atoms with Crippen molar-refractivity contribution in [1.29, 1.82) is 0 Å². The zero-order valence-corrected chi connectivity index (χ0v) is 19.4. The molecule has 154 valence electrons. The van der Waals surface area contributed by atoms with E-state index in [1.165, 1.54) is 65.0 Å². The maximum Gasteiger partial charge on any atom is 0.0181 e. The van der Waals surface area contributed by atoms with Crippen molar-refractivity contribution in [2.45, 2.75) is 0 Å². The van der Waals surface area contributed by atoms with E-state index in [-0.39, 0.29) is 0 Å². The maximum absolute atomic E-state index is 3.67. The van der Waals surface area contributed by atoms with Gasteiger partial charge in [-0.1, -0.05) is 107 Å². The quantitative estimate of drug-likeness (QED) is 0.204. The molecule has 7 aromatic carbocycles. The van der Waals surface area contributed by atoms with Crippen molar-refractivity contribution in [3.8, 4) is 11.1 Å². The molecule has 0 bridgehead atoms. The van der Waals surface area contributed by atoms with Crippen LogP contribution >= 0.6 is 15.9 Å². The molecule has 1 heteroatoms. The first-order valence-corrected chi connectivity index (χ1v) is 12.0. The molecule has 0 spiro atoms. The van der Waals surface area contributed by atoms with E-state index in [4.69, 9.17) is 0 Å². The highest BCUT2D eigenvalue weighted by Gasteiger charge is 2.11. The third-order valence-corrected chi connectivity index (χ3v) is 7.37. The molecule has 0 amide bonds. The SMILES string of the molecule is Brc1ccc2c3ccccc3c3cc(-c4ccc5c(ccc6ccccc65)c4)ccc3c2c1. The average molecular weight is 483 g/mol. The lowest BCUT2D eigenvalue weighted by atomic mass is 9.91. The average Bonchev–Trinajstić information content (AvgIpc) is 2.88. The van der Waals surface area contributed by atoms with Gasteiger partial charge in [-0.15, -0.1) is 0 Å². The van der Waals surface area contributed by atoms with E-state index in [1.54, 1.807) is 0 Å². The summed E-state index contributed by atoms with van der Waals surface area (Å²) in [6.07, 6.45) is 0. The zero-order valence-electron chi connectivity index (χ0n) is 17.8. The fourth-order valence-electron chi connectivity index (χ4n) is 5.30. The first kappa shape index (κ1) is 18.8. The third kappa shape index (κ3) is 2.90. The Balaban J connectivity index is 1.51. The van der Waals surface area contributed by atoms with Crippen molar-refractivity contribution in [2.24, 2.45) is 0 Å². The van der Waals surface area contributed by atoms with Gasteiger partial charge in [0.1, 0.15) is 0 Å². The van der Waals surface area contributed by atoms with Gasteiger partial charge in [0.05, 0.1) is 0 Å². The van der Waals surface area contributed by atoms with Crippen LogP contribution in [0.5, 0.6) is 0 Å². The van der Waals surface area contributed by atoms with Gasteiger partial charge in [0.15, 0.2) is 0 Å². The predicted octanol–water partition coefficient (Wildman–Crippen LogP) is 9.88. The lowest BCUT2D eigenvalue weighted by Gasteiger charge is -2.13.